The summed E-state index contributed by atoms with van der Waals surface area (Å²) in [5, 5.41) is 2.69. The molecule has 4 aromatic rings. The van der Waals surface area contributed by atoms with E-state index in [9.17, 15) is 18.0 Å². The van der Waals surface area contributed by atoms with E-state index < -0.39 is 28.5 Å². The lowest BCUT2D eigenvalue weighted by Gasteiger charge is -2.33. The molecule has 0 bridgehead atoms. The molecule has 212 valence electrons. The molecule has 4 rings (SSSR count). The lowest BCUT2D eigenvalue weighted by atomic mass is 10.0. The van der Waals surface area contributed by atoms with Crippen molar-refractivity contribution < 1.29 is 18.0 Å². The molecule has 0 radical (unpaired) electrons. The maximum absolute atomic E-state index is 14.2. The van der Waals surface area contributed by atoms with Crippen LogP contribution >= 0.6 is 38.5 Å². The first-order valence-electron chi connectivity index (χ1n) is 12.8. The molecule has 10 heteroatoms. The molecule has 4 aromatic carbocycles. The summed E-state index contributed by atoms with van der Waals surface area (Å²) in [6.07, 6.45) is 0.262. The molecule has 41 heavy (non-hydrogen) atoms. The third kappa shape index (κ3) is 7.96. The number of carbonyl (C=O) groups excluding carboxylic acids is 2. The minimum Gasteiger partial charge on any atom is -0.357 e. The van der Waals surface area contributed by atoms with Crippen molar-refractivity contribution in [2.75, 3.05) is 17.9 Å². The Hall–Kier alpha value is -3.22. The summed E-state index contributed by atoms with van der Waals surface area (Å²) in [7, 11) is -2.58. The highest BCUT2D eigenvalue weighted by Gasteiger charge is 2.34. The SMILES string of the molecule is CNC(=O)[C@H](Cc1ccccc1)N(Cc1ccc(Br)cc1)C(=O)CN(c1ccc(I)cc1)S(=O)(=O)c1ccccc1. The van der Waals surface area contributed by atoms with Gasteiger partial charge in [-0.15, -0.1) is 0 Å². The van der Waals surface area contributed by atoms with E-state index in [2.05, 4.69) is 43.8 Å². The van der Waals surface area contributed by atoms with Crippen LogP contribution < -0.4 is 9.62 Å². The topological polar surface area (TPSA) is 86.8 Å². The number of hydrogen-bond donors (Lipinski definition) is 1. The zero-order valence-electron chi connectivity index (χ0n) is 22.3. The van der Waals surface area contributed by atoms with Crippen molar-refractivity contribution >= 4 is 66.0 Å². The Morgan fingerprint density at radius 1 is 0.829 bits per heavy atom. The normalized spacial score (nSPS) is 11.9. The van der Waals surface area contributed by atoms with E-state index in [0.717, 1.165) is 23.5 Å². The third-order valence-electron chi connectivity index (χ3n) is 6.51. The summed E-state index contributed by atoms with van der Waals surface area (Å²) in [4.78, 5) is 29.0. The van der Waals surface area contributed by atoms with E-state index >= 15 is 0 Å². The minimum atomic E-state index is -4.11. The maximum Gasteiger partial charge on any atom is 0.264 e. The molecule has 0 fully saturated rings. The van der Waals surface area contributed by atoms with Crippen LogP contribution in [0.2, 0.25) is 0 Å². The molecule has 1 atom stereocenters. The van der Waals surface area contributed by atoms with Crippen molar-refractivity contribution in [1.29, 1.82) is 0 Å². The molecular formula is C31H29BrIN3O4S. The fourth-order valence-electron chi connectivity index (χ4n) is 4.36. The maximum atomic E-state index is 14.2. The molecule has 0 heterocycles. The summed E-state index contributed by atoms with van der Waals surface area (Å²) in [5.74, 6) is -0.846. The van der Waals surface area contributed by atoms with Crippen LogP contribution in [0.3, 0.4) is 0 Å². The van der Waals surface area contributed by atoms with Gasteiger partial charge in [0.1, 0.15) is 12.6 Å². The standard InChI is InChI=1S/C31H29BrIN3O4S/c1-34-31(38)29(20-23-8-4-2-5-9-23)35(21-24-12-14-25(32)15-13-24)30(37)22-36(27-18-16-26(33)17-19-27)41(39,40)28-10-6-3-7-11-28/h2-19,29H,20-22H2,1H3,(H,34,38)/t29-/m0/s1. The molecule has 0 unspecified atom stereocenters. The first-order valence-corrected chi connectivity index (χ1v) is 16.1. The highest BCUT2D eigenvalue weighted by Crippen LogP contribution is 2.26. The number of hydrogen-bond acceptors (Lipinski definition) is 4. The number of carbonyl (C=O) groups is 2. The summed E-state index contributed by atoms with van der Waals surface area (Å²) in [6, 6.07) is 31.0. The summed E-state index contributed by atoms with van der Waals surface area (Å²) in [5.41, 5.74) is 2.03. The van der Waals surface area contributed by atoms with Gasteiger partial charge in [-0.2, -0.15) is 0 Å². The Balaban J connectivity index is 1.77. The number of sulfonamides is 1. The number of anilines is 1. The van der Waals surface area contributed by atoms with Crippen LogP contribution in [-0.2, 0) is 32.6 Å². The second-order valence-electron chi connectivity index (χ2n) is 9.27. The highest BCUT2D eigenvalue weighted by molar-refractivity contribution is 14.1. The molecule has 0 aliphatic rings. The van der Waals surface area contributed by atoms with E-state index in [0.29, 0.717) is 5.69 Å². The van der Waals surface area contributed by atoms with Crippen molar-refractivity contribution in [3.05, 3.63) is 128 Å². The quantitative estimate of drug-likeness (QED) is 0.202. The number of benzene rings is 4. The van der Waals surface area contributed by atoms with Gasteiger partial charge in [0, 0.05) is 28.1 Å². The number of likely N-dealkylation sites (N-methyl/N-ethyl adjacent to an activating group) is 1. The second-order valence-corrected chi connectivity index (χ2v) is 13.3. The van der Waals surface area contributed by atoms with Gasteiger partial charge in [-0.1, -0.05) is 76.6 Å². The van der Waals surface area contributed by atoms with Crippen LogP contribution in [0.15, 0.2) is 119 Å². The number of nitrogens with zero attached hydrogens (tertiary/aromatic N) is 2. The van der Waals surface area contributed by atoms with Crippen molar-refractivity contribution in [3.8, 4) is 0 Å². The molecule has 7 nitrogen and oxygen atoms in total. The van der Waals surface area contributed by atoms with Crippen LogP contribution in [0, 0.1) is 3.57 Å². The van der Waals surface area contributed by atoms with E-state index in [4.69, 9.17) is 0 Å². The van der Waals surface area contributed by atoms with Gasteiger partial charge in [-0.3, -0.25) is 13.9 Å². The number of halogens is 2. The molecule has 1 N–H and O–H groups in total. The van der Waals surface area contributed by atoms with Gasteiger partial charge < -0.3 is 10.2 Å². The van der Waals surface area contributed by atoms with E-state index in [1.807, 2.05) is 54.6 Å². The monoisotopic (exact) mass is 745 g/mol. The number of amides is 2. The molecular weight excluding hydrogens is 717 g/mol. The van der Waals surface area contributed by atoms with Gasteiger partial charge in [0.25, 0.3) is 10.0 Å². The van der Waals surface area contributed by atoms with Crippen LogP contribution in [0.5, 0.6) is 0 Å². The van der Waals surface area contributed by atoms with Crippen LogP contribution in [0.25, 0.3) is 0 Å². The fraction of sp³-hybridized carbons (Fsp3) is 0.161. The third-order valence-corrected chi connectivity index (χ3v) is 9.54. The Morgan fingerprint density at radius 2 is 1.41 bits per heavy atom. The van der Waals surface area contributed by atoms with E-state index in [1.165, 1.54) is 24.1 Å². The summed E-state index contributed by atoms with van der Waals surface area (Å²) >= 11 is 5.58. The zero-order valence-corrected chi connectivity index (χ0v) is 26.8. The lowest BCUT2D eigenvalue weighted by Crippen LogP contribution is -2.53. The summed E-state index contributed by atoms with van der Waals surface area (Å²) in [6.45, 7) is -0.375. The van der Waals surface area contributed by atoms with Gasteiger partial charge in [0.05, 0.1) is 10.6 Å². The molecule has 0 saturated heterocycles. The first kappa shape index (κ1) is 30.7. The van der Waals surface area contributed by atoms with Crippen LogP contribution in [0.1, 0.15) is 11.1 Å². The summed E-state index contributed by atoms with van der Waals surface area (Å²) < 4.78 is 30.7. The van der Waals surface area contributed by atoms with E-state index in [1.54, 1.807) is 42.5 Å². The smallest absolute Gasteiger partial charge is 0.264 e. The molecule has 0 aromatic heterocycles. The fourth-order valence-corrected chi connectivity index (χ4v) is 6.42. The average molecular weight is 746 g/mol. The van der Waals surface area contributed by atoms with Gasteiger partial charge >= 0.3 is 0 Å². The van der Waals surface area contributed by atoms with Crippen molar-refractivity contribution in [3.63, 3.8) is 0 Å². The highest BCUT2D eigenvalue weighted by atomic mass is 127. The predicted molar refractivity (Wildman–Crippen MR) is 173 cm³/mol. The Morgan fingerprint density at radius 3 is 2.00 bits per heavy atom. The Labute approximate surface area is 262 Å². The second kappa shape index (κ2) is 14.1. The van der Waals surface area contributed by atoms with Crippen LogP contribution in [-0.4, -0.2) is 44.8 Å². The predicted octanol–water partition coefficient (Wildman–Crippen LogP) is 5.64. The first-order chi connectivity index (χ1) is 19.7. The minimum absolute atomic E-state index is 0.0675. The molecule has 0 spiro atoms. The molecule has 0 aliphatic heterocycles. The zero-order chi connectivity index (χ0) is 29.4. The van der Waals surface area contributed by atoms with Crippen molar-refractivity contribution in [2.45, 2.75) is 23.9 Å². The number of rotatable bonds is 11. The van der Waals surface area contributed by atoms with Crippen LogP contribution in [0.4, 0.5) is 5.69 Å². The Bertz CT molecular complexity index is 1570. The van der Waals surface area contributed by atoms with Gasteiger partial charge in [-0.05, 0) is 82.2 Å². The molecule has 2 amide bonds. The van der Waals surface area contributed by atoms with E-state index in [-0.39, 0.29) is 23.8 Å². The molecule has 0 aliphatic carbocycles. The lowest BCUT2D eigenvalue weighted by molar-refractivity contribution is -0.139. The van der Waals surface area contributed by atoms with Crippen molar-refractivity contribution in [2.24, 2.45) is 0 Å². The molecule has 0 saturated carbocycles. The number of nitrogens with one attached hydrogen (secondary N) is 1. The Kier molecular flexibility index (Phi) is 10.6. The average Bonchev–Trinajstić information content (AvgIpc) is 2.99. The van der Waals surface area contributed by atoms with Gasteiger partial charge in [0.15, 0.2) is 0 Å². The van der Waals surface area contributed by atoms with Gasteiger partial charge in [-0.25, -0.2) is 8.42 Å². The van der Waals surface area contributed by atoms with Gasteiger partial charge in [0.2, 0.25) is 11.8 Å². The largest absolute Gasteiger partial charge is 0.357 e. The van der Waals surface area contributed by atoms with Crippen molar-refractivity contribution in [1.82, 2.24) is 10.2 Å².